The molecule has 0 atom stereocenters. The van der Waals surface area contributed by atoms with Gasteiger partial charge < -0.3 is 9.31 Å². The highest BCUT2D eigenvalue weighted by atomic mass is 16.7. The van der Waals surface area contributed by atoms with Crippen molar-refractivity contribution in [3.63, 3.8) is 0 Å². The van der Waals surface area contributed by atoms with E-state index in [1.807, 2.05) is 33.8 Å². The Bertz CT molecular complexity index is 480. The van der Waals surface area contributed by atoms with Crippen LogP contribution in [0.5, 0.6) is 0 Å². The van der Waals surface area contributed by atoms with Gasteiger partial charge in [-0.15, -0.1) is 0 Å². The van der Waals surface area contributed by atoms with Crippen LogP contribution in [0.15, 0.2) is 12.3 Å². The first-order chi connectivity index (χ1) is 8.36. The zero-order valence-electron chi connectivity index (χ0n) is 11.1. The Labute approximate surface area is 107 Å². The minimum absolute atomic E-state index is 0.188. The molecule has 1 aromatic heterocycles. The van der Waals surface area contributed by atoms with Crippen LogP contribution in [0, 0.1) is 11.3 Å². The van der Waals surface area contributed by atoms with E-state index in [-0.39, 0.29) is 6.42 Å². The van der Waals surface area contributed by atoms with E-state index in [0.717, 1.165) is 0 Å². The van der Waals surface area contributed by atoms with Gasteiger partial charge in [0.25, 0.3) is 0 Å². The summed E-state index contributed by atoms with van der Waals surface area (Å²) in [4.78, 5) is 8.32. The highest BCUT2D eigenvalue weighted by Crippen LogP contribution is 2.36. The third-order valence-corrected chi connectivity index (χ3v) is 3.46. The van der Waals surface area contributed by atoms with Crippen LogP contribution < -0.4 is 5.59 Å². The Morgan fingerprint density at radius 1 is 1.28 bits per heavy atom. The number of rotatable bonds is 2. The quantitative estimate of drug-likeness (QED) is 0.722. The Morgan fingerprint density at radius 2 is 1.89 bits per heavy atom. The monoisotopic (exact) mass is 245 g/mol. The molecule has 0 bridgehead atoms. The van der Waals surface area contributed by atoms with Crippen molar-refractivity contribution in [3.05, 3.63) is 18.1 Å². The molecule has 0 spiro atoms. The summed E-state index contributed by atoms with van der Waals surface area (Å²) in [6.45, 7) is 7.96. The van der Waals surface area contributed by atoms with Crippen molar-refractivity contribution in [2.45, 2.75) is 45.3 Å². The highest BCUT2D eigenvalue weighted by Gasteiger charge is 2.52. The number of aromatic nitrogens is 2. The van der Waals surface area contributed by atoms with Crippen molar-refractivity contribution in [2.24, 2.45) is 0 Å². The van der Waals surface area contributed by atoms with Crippen molar-refractivity contribution >= 4 is 12.7 Å². The van der Waals surface area contributed by atoms with Crippen LogP contribution in [0.3, 0.4) is 0 Å². The average Bonchev–Trinajstić information content (AvgIpc) is 2.49. The van der Waals surface area contributed by atoms with Crippen LogP contribution in [-0.2, 0) is 15.7 Å². The van der Waals surface area contributed by atoms with E-state index in [1.165, 1.54) is 0 Å². The Balaban J connectivity index is 2.24. The van der Waals surface area contributed by atoms with Gasteiger partial charge in [-0.2, -0.15) is 5.26 Å². The maximum atomic E-state index is 8.65. The zero-order chi connectivity index (χ0) is 13.4. The number of nitrogens with zero attached hydrogens (tertiary/aromatic N) is 3. The molecule has 0 amide bonds. The molecule has 5 nitrogen and oxygen atoms in total. The van der Waals surface area contributed by atoms with E-state index < -0.39 is 18.3 Å². The fraction of sp³-hybridized carbons (Fsp3) is 0.583. The molecule has 1 saturated heterocycles. The molecule has 0 N–H and O–H groups in total. The molecule has 1 aliphatic rings. The van der Waals surface area contributed by atoms with Crippen molar-refractivity contribution in [1.82, 2.24) is 9.97 Å². The van der Waals surface area contributed by atoms with E-state index >= 15 is 0 Å². The van der Waals surface area contributed by atoms with Crippen LogP contribution in [-0.4, -0.2) is 28.3 Å². The third-order valence-electron chi connectivity index (χ3n) is 3.46. The molecule has 0 aromatic carbocycles. The lowest BCUT2D eigenvalue weighted by molar-refractivity contribution is 0.00578. The molecule has 0 radical (unpaired) electrons. The van der Waals surface area contributed by atoms with Gasteiger partial charge in [0.05, 0.1) is 29.3 Å². The molecule has 0 aliphatic carbocycles. The van der Waals surface area contributed by atoms with Gasteiger partial charge in [0.1, 0.15) is 5.82 Å². The second-order valence-corrected chi connectivity index (χ2v) is 5.32. The fourth-order valence-corrected chi connectivity index (χ4v) is 1.67. The van der Waals surface area contributed by atoms with Crippen molar-refractivity contribution in [2.75, 3.05) is 0 Å². The van der Waals surface area contributed by atoms with Gasteiger partial charge in [0, 0.05) is 6.20 Å². The van der Waals surface area contributed by atoms with E-state index in [9.17, 15) is 0 Å². The second-order valence-electron chi connectivity index (χ2n) is 5.32. The van der Waals surface area contributed by atoms with Crippen molar-refractivity contribution < 1.29 is 9.31 Å². The summed E-state index contributed by atoms with van der Waals surface area (Å²) in [5.41, 5.74) is -0.121. The standard InChI is InChI=1S/C12H16BN3O2/c1-11(2)12(3,4)18-13(17-11)9-6-8-15-10(16-9)5-7-14/h6,8H,5H2,1-4H3. The van der Waals surface area contributed by atoms with Gasteiger partial charge in [-0.1, -0.05) is 0 Å². The van der Waals surface area contributed by atoms with E-state index in [1.54, 1.807) is 12.3 Å². The SMILES string of the molecule is CC1(C)OB(c2ccnc(CC#N)n2)OC1(C)C. The summed E-state index contributed by atoms with van der Waals surface area (Å²) in [7, 11) is -0.504. The molecule has 6 heteroatoms. The third kappa shape index (κ3) is 2.24. The van der Waals surface area contributed by atoms with E-state index in [2.05, 4.69) is 9.97 Å². The Morgan fingerprint density at radius 3 is 2.44 bits per heavy atom. The second kappa shape index (κ2) is 4.34. The van der Waals surface area contributed by atoms with Crippen molar-refractivity contribution in [3.8, 4) is 6.07 Å². The largest absolute Gasteiger partial charge is 0.514 e. The fourth-order valence-electron chi connectivity index (χ4n) is 1.67. The first-order valence-corrected chi connectivity index (χ1v) is 5.90. The zero-order valence-corrected chi connectivity index (χ0v) is 11.1. The summed E-state index contributed by atoms with van der Waals surface area (Å²) in [6.07, 6.45) is 1.81. The molecule has 18 heavy (non-hydrogen) atoms. The molecular formula is C12H16BN3O2. The summed E-state index contributed by atoms with van der Waals surface area (Å²) in [6, 6.07) is 3.78. The Kier molecular flexibility index (Phi) is 3.13. The molecule has 1 aromatic rings. The molecule has 94 valence electrons. The predicted molar refractivity (Wildman–Crippen MR) is 67.1 cm³/mol. The van der Waals surface area contributed by atoms with Crippen LogP contribution in [0.4, 0.5) is 0 Å². The lowest BCUT2D eigenvalue weighted by Gasteiger charge is -2.32. The topological polar surface area (TPSA) is 68.0 Å². The molecule has 2 rings (SSSR count). The maximum absolute atomic E-state index is 8.65. The number of hydrogen-bond acceptors (Lipinski definition) is 5. The van der Waals surface area contributed by atoms with Crippen LogP contribution in [0.25, 0.3) is 0 Å². The van der Waals surface area contributed by atoms with Gasteiger partial charge in [-0.25, -0.2) is 9.97 Å². The molecule has 2 heterocycles. The van der Waals surface area contributed by atoms with Crippen LogP contribution >= 0.6 is 0 Å². The van der Waals surface area contributed by atoms with Gasteiger partial charge >= 0.3 is 7.12 Å². The molecule has 0 saturated carbocycles. The van der Waals surface area contributed by atoms with Gasteiger partial charge in [-0.3, -0.25) is 0 Å². The summed E-state index contributed by atoms with van der Waals surface area (Å²) in [5.74, 6) is 0.490. The van der Waals surface area contributed by atoms with Crippen LogP contribution in [0.1, 0.15) is 33.5 Å². The molecule has 0 unspecified atom stereocenters. The van der Waals surface area contributed by atoms with Gasteiger partial charge in [0.2, 0.25) is 0 Å². The Hall–Kier alpha value is -1.45. The van der Waals surface area contributed by atoms with E-state index in [0.29, 0.717) is 11.4 Å². The molecular weight excluding hydrogens is 229 g/mol. The smallest absolute Gasteiger partial charge is 0.398 e. The highest BCUT2D eigenvalue weighted by molar-refractivity contribution is 6.61. The van der Waals surface area contributed by atoms with E-state index in [4.69, 9.17) is 14.6 Å². The van der Waals surface area contributed by atoms with Gasteiger partial charge in [-0.05, 0) is 33.8 Å². The minimum Gasteiger partial charge on any atom is -0.398 e. The normalized spacial score (nSPS) is 20.7. The molecule has 1 aliphatic heterocycles. The number of nitriles is 1. The van der Waals surface area contributed by atoms with Gasteiger partial charge in [0.15, 0.2) is 0 Å². The lowest BCUT2D eigenvalue weighted by atomic mass is 9.84. The predicted octanol–water partition coefficient (Wildman–Crippen LogP) is 0.842. The summed E-state index contributed by atoms with van der Waals surface area (Å²) in [5, 5.41) is 8.65. The maximum Gasteiger partial charge on any atom is 0.514 e. The summed E-state index contributed by atoms with van der Waals surface area (Å²) < 4.78 is 11.8. The average molecular weight is 245 g/mol. The van der Waals surface area contributed by atoms with Crippen molar-refractivity contribution in [1.29, 1.82) is 5.26 Å². The first kappa shape index (κ1) is 13.0. The lowest BCUT2D eigenvalue weighted by Crippen LogP contribution is -2.41. The first-order valence-electron chi connectivity index (χ1n) is 5.90. The van der Waals surface area contributed by atoms with Crippen LogP contribution in [0.2, 0.25) is 0 Å². The summed E-state index contributed by atoms with van der Waals surface area (Å²) >= 11 is 0. The number of hydrogen-bond donors (Lipinski definition) is 0. The minimum atomic E-state index is -0.504. The molecule has 1 fully saturated rings.